The fourth-order valence-corrected chi connectivity index (χ4v) is 2.36. The maximum atomic E-state index is 9.73. The molecule has 1 aromatic heterocycles. The van der Waals surface area contributed by atoms with Crippen molar-refractivity contribution >= 4 is 0 Å². The van der Waals surface area contributed by atoms with Gasteiger partial charge in [0.05, 0.1) is 5.69 Å². The molecule has 0 aliphatic heterocycles. The third-order valence-corrected chi connectivity index (χ3v) is 3.13. The maximum Gasteiger partial charge on any atom is 0.158 e. The molecule has 19 heavy (non-hydrogen) atoms. The molecular formula is C15H19N3O. The highest BCUT2D eigenvalue weighted by molar-refractivity contribution is 5.67. The van der Waals surface area contributed by atoms with Gasteiger partial charge in [0.15, 0.2) is 5.82 Å². The normalized spacial score (nSPS) is 12.5. The molecule has 0 amide bonds. The van der Waals surface area contributed by atoms with Crippen molar-refractivity contribution in [1.82, 2.24) is 9.97 Å². The van der Waals surface area contributed by atoms with Gasteiger partial charge in [-0.05, 0) is 38.0 Å². The fraction of sp³-hybridized carbons (Fsp3) is 0.333. The SMILES string of the molecule is Cc1cc(C)c(-c2ccnc(C(O)CN)n2)c(C)c1. The lowest BCUT2D eigenvalue weighted by atomic mass is 9.97. The quantitative estimate of drug-likeness (QED) is 0.882. The van der Waals surface area contributed by atoms with Crippen LogP contribution in [0.2, 0.25) is 0 Å². The van der Waals surface area contributed by atoms with Gasteiger partial charge in [0.2, 0.25) is 0 Å². The molecule has 0 radical (unpaired) electrons. The number of aromatic nitrogens is 2. The van der Waals surface area contributed by atoms with E-state index in [2.05, 4.69) is 42.9 Å². The zero-order valence-electron chi connectivity index (χ0n) is 11.5. The molecule has 1 unspecified atom stereocenters. The number of aryl methyl sites for hydroxylation is 3. The summed E-state index contributed by atoms with van der Waals surface area (Å²) in [6.07, 6.45) is 0.848. The Kier molecular flexibility index (Phi) is 3.93. The molecule has 0 saturated heterocycles. The first kappa shape index (κ1) is 13.6. The molecule has 0 bridgehead atoms. The van der Waals surface area contributed by atoms with Gasteiger partial charge >= 0.3 is 0 Å². The van der Waals surface area contributed by atoms with Crippen molar-refractivity contribution in [1.29, 1.82) is 0 Å². The Morgan fingerprint density at radius 3 is 2.42 bits per heavy atom. The van der Waals surface area contributed by atoms with E-state index in [1.165, 1.54) is 16.7 Å². The van der Waals surface area contributed by atoms with Crippen LogP contribution in [0.3, 0.4) is 0 Å². The first-order valence-electron chi connectivity index (χ1n) is 6.32. The van der Waals surface area contributed by atoms with Crippen molar-refractivity contribution in [3.63, 3.8) is 0 Å². The van der Waals surface area contributed by atoms with Crippen LogP contribution >= 0.6 is 0 Å². The third kappa shape index (κ3) is 2.80. The molecule has 0 saturated carbocycles. The number of nitrogens with zero attached hydrogens (tertiary/aromatic N) is 2. The lowest BCUT2D eigenvalue weighted by molar-refractivity contribution is 0.176. The monoisotopic (exact) mass is 257 g/mol. The fourth-order valence-electron chi connectivity index (χ4n) is 2.36. The van der Waals surface area contributed by atoms with E-state index >= 15 is 0 Å². The lowest BCUT2D eigenvalue weighted by Crippen LogP contribution is -2.14. The third-order valence-electron chi connectivity index (χ3n) is 3.13. The van der Waals surface area contributed by atoms with Crippen LogP contribution in [-0.4, -0.2) is 21.6 Å². The number of rotatable bonds is 3. The minimum atomic E-state index is -0.814. The summed E-state index contributed by atoms with van der Waals surface area (Å²) in [6.45, 7) is 6.33. The van der Waals surface area contributed by atoms with Crippen LogP contribution in [0.5, 0.6) is 0 Å². The van der Waals surface area contributed by atoms with E-state index < -0.39 is 6.10 Å². The molecular weight excluding hydrogens is 238 g/mol. The largest absolute Gasteiger partial charge is 0.384 e. The zero-order chi connectivity index (χ0) is 14.0. The number of aliphatic hydroxyl groups excluding tert-OH is 1. The van der Waals surface area contributed by atoms with Gasteiger partial charge in [0, 0.05) is 18.3 Å². The first-order chi connectivity index (χ1) is 9.02. The predicted octanol–water partition coefficient (Wildman–Crippen LogP) is 2.06. The highest BCUT2D eigenvalue weighted by Gasteiger charge is 2.12. The van der Waals surface area contributed by atoms with Crippen molar-refractivity contribution < 1.29 is 5.11 Å². The summed E-state index contributed by atoms with van der Waals surface area (Å²) in [5.74, 6) is 0.374. The Labute approximate surface area is 113 Å². The van der Waals surface area contributed by atoms with Crippen molar-refractivity contribution in [3.8, 4) is 11.3 Å². The minimum absolute atomic E-state index is 0.120. The van der Waals surface area contributed by atoms with Crippen LogP contribution in [0.15, 0.2) is 24.4 Å². The average Bonchev–Trinajstić information content (AvgIpc) is 2.37. The van der Waals surface area contributed by atoms with Gasteiger partial charge in [0.1, 0.15) is 6.10 Å². The van der Waals surface area contributed by atoms with E-state index in [1.54, 1.807) is 6.20 Å². The Morgan fingerprint density at radius 2 is 1.84 bits per heavy atom. The molecule has 0 aliphatic rings. The second-order valence-corrected chi connectivity index (χ2v) is 4.83. The van der Waals surface area contributed by atoms with E-state index in [1.807, 2.05) is 6.07 Å². The molecule has 1 aromatic carbocycles. The molecule has 0 aliphatic carbocycles. The Morgan fingerprint density at radius 1 is 1.21 bits per heavy atom. The summed E-state index contributed by atoms with van der Waals surface area (Å²) in [6, 6.07) is 6.12. The van der Waals surface area contributed by atoms with Gasteiger partial charge < -0.3 is 10.8 Å². The second-order valence-electron chi connectivity index (χ2n) is 4.83. The zero-order valence-corrected chi connectivity index (χ0v) is 11.5. The maximum absolute atomic E-state index is 9.73. The molecule has 100 valence electrons. The van der Waals surface area contributed by atoms with Gasteiger partial charge in [-0.25, -0.2) is 9.97 Å². The topological polar surface area (TPSA) is 72.0 Å². The Bertz CT molecular complexity index is 573. The molecule has 3 N–H and O–H groups in total. The van der Waals surface area contributed by atoms with E-state index in [4.69, 9.17) is 5.73 Å². The van der Waals surface area contributed by atoms with E-state index in [9.17, 15) is 5.11 Å². The number of hydrogen-bond donors (Lipinski definition) is 2. The van der Waals surface area contributed by atoms with Crippen molar-refractivity contribution in [2.24, 2.45) is 5.73 Å². The van der Waals surface area contributed by atoms with E-state index in [0.717, 1.165) is 11.3 Å². The second kappa shape index (κ2) is 5.47. The number of hydrogen-bond acceptors (Lipinski definition) is 4. The minimum Gasteiger partial charge on any atom is -0.384 e. The summed E-state index contributed by atoms with van der Waals surface area (Å²) in [7, 11) is 0. The van der Waals surface area contributed by atoms with E-state index in [0.29, 0.717) is 5.82 Å². The summed E-state index contributed by atoms with van der Waals surface area (Å²) < 4.78 is 0. The van der Waals surface area contributed by atoms with Crippen molar-refractivity contribution in [2.75, 3.05) is 6.54 Å². The van der Waals surface area contributed by atoms with Crippen LogP contribution in [0.4, 0.5) is 0 Å². The Hall–Kier alpha value is -1.78. The molecule has 0 fully saturated rings. The van der Waals surface area contributed by atoms with Crippen LogP contribution in [-0.2, 0) is 0 Å². The highest BCUT2D eigenvalue weighted by atomic mass is 16.3. The number of nitrogens with two attached hydrogens (primary N) is 1. The van der Waals surface area contributed by atoms with Gasteiger partial charge in [-0.3, -0.25) is 0 Å². The molecule has 4 heteroatoms. The molecule has 1 heterocycles. The summed E-state index contributed by atoms with van der Waals surface area (Å²) >= 11 is 0. The predicted molar refractivity (Wildman–Crippen MR) is 75.7 cm³/mol. The van der Waals surface area contributed by atoms with Gasteiger partial charge in [-0.2, -0.15) is 0 Å². The Balaban J connectivity index is 2.54. The summed E-state index contributed by atoms with van der Waals surface area (Å²) in [4.78, 5) is 8.50. The number of benzene rings is 1. The van der Waals surface area contributed by atoms with Crippen LogP contribution in [0, 0.1) is 20.8 Å². The molecule has 0 spiro atoms. The van der Waals surface area contributed by atoms with Crippen molar-refractivity contribution in [2.45, 2.75) is 26.9 Å². The van der Waals surface area contributed by atoms with Gasteiger partial charge in [-0.1, -0.05) is 17.7 Å². The smallest absolute Gasteiger partial charge is 0.158 e. The first-order valence-corrected chi connectivity index (χ1v) is 6.32. The summed E-state index contributed by atoms with van der Waals surface area (Å²) in [5, 5.41) is 9.73. The molecule has 2 aromatic rings. The summed E-state index contributed by atoms with van der Waals surface area (Å²) in [5.41, 5.74) is 10.9. The van der Waals surface area contributed by atoms with Crippen LogP contribution < -0.4 is 5.73 Å². The number of aliphatic hydroxyl groups is 1. The lowest BCUT2D eigenvalue weighted by Gasteiger charge is -2.12. The van der Waals surface area contributed by atoms with Crippen molar-refractivity contribution in [3.05, 3.63) is 46.9 Å². The molecule has 2 rings (SSSR count). The average molecular weight is 257 g/mol. The van der Waals surface area contributed by atoms with Crippen LogP contribution in [0.25, 0.3) is 11.3 Å². The van der Waals surface area contributed by atoms with Gasteiger partial charge in [-0.15, -0.1) is 0 Å². The van der Waals surface area contributed by atoms with Gasteiger partial charge in [0.25, 0.3) is 0 Å². The highest BCUT2D eigenvalue weighted by Crippen LogP contribution is 2.27. The standard InChI is InChI=1S/C15H19N3O/c1-9-6-10(2)14(11(3)7-9)12-4-5-17-15(18-12)13(19)8-16/h4-7,13,19H,8,16H2,1-3H3. The van der Waals surface area contributed by atoms with E-state index in [-0.39, 0.29) is 6.54 Å². The molecule has 4 nitrogen and oxygen atoms in total. The molecule has 1 atom stereocenters. The van der Waals surface area contributed by atoms with Crippen LogP contribution in [0.1, 0.15) is 28.6 Å².